The number of nitro groups is 1. The lowest BCUT2D eigenvalue weighted by molar-refractivity contribution is -0.385. The van der Waals surface area contributed by atoms with Crippen LogP contribution in [0.3, 0.4) is 0 Å². The van der Waals surface area contributed by atoms with E-state index >= 15 is 0 Å². The molecule has 12 heteroatoms. The standard InChI is InChI=1S/C19H14Cl2F3N3O4/c1-10(28)25-9-12-3-2-11(4-17(12)27(29)30)16-8-18(31-26-16,19(22,23)24)13-5-14(20)7-15(21)6-13/h2-7H,8-9H2,1H3,(H,25,28). The fourth-order valence-corrected chi connectivity index (χ4v) is 3.65. The molecule has 2 aromatic rings. The fourth-order valence-electron chi connectivity index (χ4n) is 3.13. The topological polar surface area (TPSA) is 93.8 Å². The van der Waals surface area contributed by atoms with Gasteiger partial charge in [0.25, 0.3) is 11.3 Å². The van der Waals surface area contributed by atoms with Crippen LogP contribution in [0, 0.1) is 10.1 Å². The van der Waals surface area contributed by atoms with Crippen LogP contribution >= 0.6 is 23.2 Å². The first-order valence-electron chi connectivity index (χ1n) is 8.73. The number of nitrogens with one attached hydrogen (secondary N) is 1. The van der Waals surface area contributed by atoms with Gasteiger partial charge in [0.2, 0.25) is 5.91 Å². The summed E-state index contributed by atoms with van der Waals surface area (Å²) >= 11 is 11.7. The van der Waals surface area contributed by atoms with Gasteiger partial charge in [0.05, 0.1) is 10.6 Å². The lowest BCUT2D eigenvalue weighted by Gasteiger charge is -2.29. The Kier molecular flexibility index (Phi) is 6.15. The molecule has 1 amide bonds. The summed E-state index contributed by atoms with van der Waals surface area (Å²) in [5, 5.41) is 17.4. The van der Waals surface area contributed by atoms with Crippen molar-refractivity contribution in [3.8, 4) is 0 Å². The molecule has 1 unspecified atom stereocenters. The number of hydrogen-bond donors (Lipinski definition) is 1. The van der Waals surface area contributed by atoms with E-state index in [1.54, 1.807) is 0 Å². The lowest BCUT2D eigenvalue weighted by atomic mass is 9.86. The van der Waals surface area contributed by atoms with Gasteiger partial charge in [0.1, 0.15) is 0 Å². The number of hydrogen-bond acceptors (Lipinski definition) is 5. The molecule has 0 saturated carbocycles. The number of alkyl halides is 3. The molecule has 1 aliphatic rings. The number of carbonyl (C=O) groups is 1. The van der Waals surface area contributed by atoms with E-state index in [1.807, 2.05) is 0 Å². The molecule has 1 atom stereocenters. The minimum atomic E-state index is -4.89. The third kappa shape index (κ3) is 4.59. The Hall–Kier alpha value is -2.85. The molecular formula is C19H14Cl2F3N3O4. The number of halogens is 5. The smallest absolute Gasteiger partial charge is 0.374 e. The molecule has 7 nitrogen and oxygen atoms in total. The molecular weight excluding hydrogens is 462 g/mol. The lowest BCUT2D eigenvalue weighted by Crippen LogP contribution is -2.42. The van der Waals surface area contributed by atoms with E-state index < -0.39 is 23.1 Å². The minimum absolute atomic E-state index is 0.0128. The van der Waals surface area contributed by atoms with Crippen molar-refractivity contribution in [2.24, 2.45) is 5.16 Å². The molecule has 1 N–H and O–H groups in total. The molecule has 164 valence electrons. The largest absolute Gasteiger partial charge is 0.435 e. The van der Waals surface area contributed by atoms with E-state index in [-0.39, 0.29) is 50.6 Å². The van der Waals surface area contributed by atoms with Crippen molar-refractivity contribution >= 4 is 40.5 Å². The van der Waals surface area contributed by atoms with Gasteiger partial charge in [-0.15, -0.1) is 0 Å². The average molecular weight is 476 g/mol. The molecule has 0 bridgehead atoms. The zero-order valence-electron chi connectivity index (χ0n) is 15.8. The number of carbonyl (C=O) groups excluding carboxylic acids is 1. The van der Waals surface area contributed by atoms with E-state index in [0.717, 1.165) is 18.2 Å². The number of benzene rings is 2. The van der Waals surface area contributed by atoms with Gasteiger partial charge in [-0.25, -0.2) is 0 Å². The van der Waals surface area contributed by atoms with Crippen molar-refractivity contribution in [3.63, 3.8) is 0 Å². The maximum Gasteiger partial charge on any atom is 0.435 e. The molecule has 0 spiro atoms. The zero-order valence-corrected chi connectivity index (χ0v) is 17.3. The maximum absolute atomic E-state index is 14.1. The molecule has 0 aliphatic carbocycles. The summed E-state index contributed by atoms with van der Waals surface area (Å²) in [5.41, 5.74) is -3.43. The predicted molar refractivity (Wildman–Crippen MR) is 107 cm³/mol. The van der Waals surface area contributed by atoms with Gasteiger partial charge in [-0.05, 0) is 24.3 Å². The van der Waals surface area contributed by atoms with Gasteiger partial charge in [0.15, 0.2) is 0 Å². The highest BCUT2D eigenvalue weighted by atomic mass is 35.5. The SMILES string of the molecule is CC(=O)NCc1ccc(C2=NOC(c3cc(Cl)cc(Cl)c3)(C(F)(F)F)C2)cc1[N+](=O)[O-]. The van der Waals surface area contributed by atoms with Gasteiger partial charge in [-0.1, -0.05) is 34.4 Å². The molecule has 3 rings (SSSR count). The van der Waals surface area contributed by atoms with Gasteiger partial charge in [-0.2, -0.15) is 13.2 Å². The molecule has 0 aromatic heterocycles. The number of oxime groups is 1. The summed E-state index contributed by atoms with van der Waals surface area (Å²) in [7, 11) is 0. The van der Waals surface area contributed by atoms with E-state index in [1.165, 1.54) is 25.1 Å². The summed E-state index contributed by atoms with van der Waals surface area (Å²) in [6.45, 7) is 1.14. The van der Waals surface area contributed by atoms with Crippen LogP contribution in [0.1, 0.15) is 30.0 Å². The van der Waals surface area contributed by atoms with Crippen LogP contribution in [0.5, 0.6) is 0 Å². The first-order chi connectivity index (χ1) is 14.4. The molecule has 0 radical (unpaired) electrons. The van der Waals surface area contributed by atoms with Crippen LogP contribution in [-0.2, 0) is 21.8 Å². The first-order valence-corrected chi connectivity index (χ1v) is 9.49. The van der Waals surface area contributed by atoms with Crippen LogP contribution in [0.25, 0.3) is 0 Å². The molecule has 2 aromatic carbocycles. The first kappa shape index (κ1) is 22.8. The van der Waals surface area contributed by atoms with Crippen molar-refractivity contribution in [3.05, 3.63) is 73.2 Å². The second kappa shape index (κ2) is 8.35. The van der Waals surface area contributed by atoms with Gasteiger partial charge >= 0.3 is 6.18 Å². The monoisotopic (exact) mass is 475 g/mol. The highest BCUT2D eigenvalue weighted by Crippen LogP contribution is 2.49. The van der Waals surface area contributed by atoms with E-state index in [2.05, 4.69) is 10.5 Å². The van der Waals surface area contributed by atoms with E-state index in [4.69, 9.17) is 28.0 Å². The second-order valence-electron chi connectivity index (χ2n) is 6.80. The van der Waals surface area contributed by atoms with Crippen LogP contribution in [0.15, 0.2) is 41.6 Å². The average Bonchev–Trinajstić information content (AvgIpc) is 3.12. The number of nitro benzene ring substituents is 1. The summed E-state index contributed by atoms with van der Waals surface area (Å²) in [6, 6.07) is 7.26. The van der Waals surface area contributed by atoms with Crippen molar-refractivity contribution in [1.29, 1.82) is 0 Å². The van der Waals surface area contributed by atoms with Crippen molar-refractivity contribution < 1.29 is 27.7 Å². The number of rotatable bonds is 5. The normalized spacial score (nSPS) is 18.3. The third-order valence-electron chi connectivity index (χ3n) is 4.66. The Balaban J connectivity index is 1.99. The third-order valence-corrected chi connectivity index (χ3v) is 5.09. The predicted octanol–water partition coefficient (Wildman–Crippen LogP) is 5.12. The van der Waals surface area contributed by atoms with Crippen molar-refractivity contribution in [2.45, 2.75) is 31.7 Å². The summed E-state index contributed by atoms with van der Waals surface area (Å²) in [5.74, 6) is -0.387. The van der Waals surface area contributed by atoms with E-state index in [0.29, 0.717) is 0 Å². The van der Waals surface area contributed by atoms with Crippen LogP contribution in [0.4, 0.5) is 18.9 Å². The maximum atomic E-state index is 14.1. The van der Waals surface area contributed by atoms with Gasteiger partial charge in [0, 0.05) is 52.7 Å². The van der Waals surface area contributed by atoms with Crippen molar-refractivity contribution in [1.82, 2.24) is 5.32 Å². The second-order valence-corrected chi connectivity index (χ2v) is 7.67. The molecule has 0 fully saturated rings. The fraction of sp³-hybridized carbons (Fsp3) is 0.263. The Morgan fingerprint density at radius 2 is 1.90 bits per heavy atom. The Labute approximate surface area is 183 Å². The Morgan fingerprint density at radius 3 is 2.45 bits per heavy atom. The van der Waals surface area contributed by atoms with Crippen LogP contribution < -0.4 is 5.32 Å². The summed E-state index contributed by atoms with van der Waals surface area (Å²) in [4.78, 5) is 26.7. The van der Waals surface area contributed by atoms with Gasteiger partial charge in [-0.3, -0.25) is 14.9 Å². The van der Waals surface area contributed by atoms with Crippen molar-refractivity contribution in [2.75, 3.05) is 0 Å². The molecule has 0 saturated heterocycles. The summed E-state index contributed by atoms with van der Waals surface area (Å²) < 4.78 is 42.2. The minimum Gasteiger partial charge on any atom is -0.374 e. The Bertz CT molecular complexity index is 1070. The molecule has 1 heterocycles. The highest BCUT2D eigenvalue weighted by molar-refractivity contribution is 6.34. The number of amides is 1. The molecule has 31 heavy (non-hydrogen) atoms. The number of nitrogens with zero attached hydrogens (tertiary/aromatic N) is 2. The zero-order chi connectivity index (χ0) is 23.0. The summed E-state index contributed by atoms with van der Waals surface area (Å²) in [6.07, 6.45) is -5.63. The van der Waals surface area contributed by atoms with Crippen LogP contribution in [-0.4, -0.2) is 22.7 Å². The quantitative estimate of drug-likeness (QED) is 0.479. The van der Waals surface area contributed by atoms with E-state index in [9.17, 15) is 28.1 Å². The van der Waals surface area contributed by atoms with Gasteiger partial charge < -0.3 is 10.2 Å². The Morgan fingerprint density at radius 1 is 1.26 bits per heavy atom. The molecule has 1 aliphatic heterocycles. The van der Waals surface area contributed by atoms with Crippen LogP contribution in [0.2, 0.25) is 10.0 Å². The highest BCUT2D eigenvalue weighted by Gasteiger charge is 2.62.